The lowest BCUT2D eigenvalue weighted by atomic mass is 9.85. The number of fused-ring (bicyclic) bond motifs is 2. The maximum absolute atomic E-state index is 15.4. The van der Waals surface area contributed by atoms with E-state index in [1.165, 1.54) is 0 Å². The lowest BCUT2D eigenvalue weighted by molar-refractivity contribution is -0.358. The molecule has 0 bridgehead atoms. The summed E-state index contributed by atoms with van der Waals surface area (Å²) in [5.74, 6) is 0.740. The highest BCUT2D eigenvalue weighted by Gasteiger charge is 2.54. The van der Waals surface area contributed by atoms with E-state index in [9.17, 15) is 0 Å². The van der Waals surface area contributed by atoms with Gasteiger partial charge in [-0.25, -0.2) is 0 Å². The number of aromatic nitrogens is 1. The van der Waals surface area contributed by atoms with Crippen molar-refractivity contribution in [3.8, 4) is 5.75 Å². The maximum Gasteiger partial charge on any atom is 0.738 e. The monoisotopic (exact) mass is 544 g/mol. The van der Waals surface area contributed by atoms with Crippen molar-refractivity contribution in [3.05, 3.63) is 106 Å². The molecule has 3 nitrogen and oxygen atoms in total. The van der Waals surface area contributed by atoms with Gasteiger partial charge >= 0.3 is 6.97 Å². The minimum absolute atomic E-state index is 0.344. The van der Waals surface area contributed by atoms with Gasteiger partial charge in [-0.1, -0.05) is 36.4 Å². The number of hydrogen-bond donors (Lipinski definition) is 0. The maximum atomic E-state index is 15.4. The second kappa shape index (κ2) is 7.60. The molecule has 31 heavy (non-hydrogen) atoms. The number of nitrogens with zero attached hydrogens (tertiary/aromatic N) is 2. The molecule has 0 saturated heterocycles. The fourth-order valence-corrected chi connectivity index (χ4v) is 5.29. The molecule has 0 N–H and O–H groups in total. The molecule has 2 aliphatic rings. The predicted octanol–water partition coefficient (Wildman–Crippen LogP) is 6.51. The van der Waals surface area contributed by atoms with Crippen molar-refractivity contribution >= 4 is 49.0 Å². The van der Waals surface area contributed by atoms with Crippen LogP contribution in [-0.2, 0) is 6.61 Å². The van der Waals surface area contributed by atoms with E-state index < -0.39 is 6.97 Å². The Morgan fingerprint density at radius 2 is 1.77 bits per heavy atom. The van der Waals surface area contributed by atoms with Crippen molar-refractivity contribution in [1.29, 1.82) is 0 Å². The van der Waals surface area contributed by atoms with Gasteiger partial charge in [0.1, 0.15) is 12.4 Å². The smallest absolute Gasteiger partial charge is 0.489 e. The van der Waals surface area contributed by atoms with Crippen LogP contribution >= 0.6 is 31.9 Å². The summed E-state index contributed by atoms with van der Waals surface area (Å²) in [6, 6.07) is 19.1. The van der Waals surface area contributed by atoms with E-state index in [0.717, 1.165) is 37.0 Å². The Hall–Kier alpha value is -2.45. The van der Waals surface area contributed by atoms with Crippen LogP contribution in [0.1, 0.15) is 22.4 Å². The lowest BCUT2D eigenvalue weighted by Crippen LogP contribution is -2.50. The summed E-state index contributed by atoms with van der Waals surface area (Å²) in [5, 5.41) is 0. The molecule has 156 valence electrons. The average Bonchev–Trinajstić information content (AvgIpc) is 3.33. The quantitative estimate of drug-likeness (QED) is 0.342. The van der Waals surface area contributed by atoms with E-state index in [1.807, 2.05) is 55.5 Å². The molecule has 0 unspecified atom stereocenters. The minimum Gasteiger partial charge on any atom is -0.489 e. The normalized spacial score (nSPS) is 16.5. The first-order valence-corrected chi connectivity index (χ1v) is 11.4. The summed E-state index contributed by atoms with van der Waals surface area (Å²) < 4.78 is 39.6. The van der Waals surface area contributed by atoms with Crippen LogP contribution in [0, 0.1) is 6.92 Å². The van der Waals surface area contributed by atoms with Crippen LogP contribution in [0.4, 0.5) is 8.63 Å². The third-order valence-corrected chi connectivity index (χ3v) is 6.88. The predicted molar refractivity (Wildman–Crippen MR) is 127 cm³/mol. The third kappa shape index (κ3) is 3.33. The van der Waals surface area contributed by atoms with Gasteiger partial charge in [0.2, 0.25) is 4.62 Å². The van der Waals surface area contributed by atoms with E-state index in [-0.39, 0.29) is 0 Å². The van der Waals surface area contributed by atoms with Crippen molar-refractivity contribution in [2.75, 3.05) is 0 Å². The lowest BCUT2D eigenvalue weighted by Gasteiger charge is -2.32. The van der Waals surface area contributed by atoms with E-state index in [0.29, 0.717) is 27.2 Å². The fraction of sp³-hybridized carbons (Fsp3) is 0.0870. The Labute approximate surface area is 195 Å². The molecule has 0 amide bonds. The van der Waals surface area contributed by atoms with Crippen LogP contribution in [-0.4, -0.2) is 20.6 Å². The molecule has 0 atom stereocenters. The highest BCUT2D eigenvalue weighted by atomic mass is 79.9. The molecule has 0 saturated carbocycles. The van der Waals surface area contributed by atoms with Gasteiger partial charge in [0.05, 0.1) is 10.2 Å². The number of halogens is 4. The number of hydrogen-bond acceptors (Lipinski definition) is 1. The summed E-state index contributed by atoms with van der Waals surface area (Å²) in [4.78, 5) is 0. The summed E-state index contributed by atoms with van der Waals surface area (Å²) in [6.45, 7) is -1.58. The number of allylic oxidation sites excluding steroid dienone is 2. The summed E-state index contributed by atoms with van der Waals surface area (Å²) >= 11 is 6.60. The summed E-state index contributed by atoms with van der Waals surface area (Å²) in [6.07, 6.45) is 3.40. The molecule has 0 radical (unpaired) electrons. The van der Waals surface area contributed by atoms with Crippen molar-refractivity contribution < 1.29 is 17.9 Å². The third-order valence-electron chi connectivity index (χ3n) is 5.59. The Morgan fingerprint density at radius 3 is 2.52 bits per heavy atom. The number of rotatable bonds is 4. The van der Waals surface area contributed by atoms with Crippen LogP contribution in [0.15, 0.2) is 83.1 Å². The van der Waals surface area contributed by atoms with E-state index in [4.69, 9.17) is 4.74 Å². The van der Waals surface area contributed by atoms with Crippen LogP contribution < -0.4 is 4.74 Å². The molecular weight excluding hydrogens is 529 g/mol. The first-order valence-electron chi connectivity index (χ1n) is 9.79. The molecule has 1 aromatic heterocycles. The van der Waals surface area contributed by atoms with Gasteiger partial charge in [-0.3, -0.25) is 0 Å². The molecule has 5 rings (SSSR count). The summed E-state index contributed by atoms with van der Waals surface area (Å²) in [7, 11) is 0. The molecule has 2 aromatic carbocycles. The zero-order chi connectivity index (χ0) is 21.8. The Balaban J connectivity index is 1.58. The number of ether oxygens (including phenoxy) is 1. The SMILES string of the molecule is Cc1cc(OCc2ccccc2)ccc1C1=C2C=CC(Br)=[N+]2[B-](F)(F)n2c(Br)ccc21. The molecule has 0 aliphatic carbocycles. The standard InChI is InChI=1S/C23H17BBr2F2N2O/c1-15-13-17(31-14-16-5-3-2-4-6-16)7-8-18(15)23-19-9-11-21(25)29(19)24(27,28)30-20(23)10-12-22(30)26/h2-13H,14H2,1H3. The van der Waals surface area contributed by atoms with Gasteiger partial charge < -0.3 is 22.3 Å². The van der Waals surface area contributed by atoms with Gasteiger partial charge in [-0.05, 0) is 63.8 Å². The molecule has 0 fully saturated rings. The zero-order valence-corrected chi connectivity index (χ0v) is 19.7. The zero-order valence-electron chi connectivity index (χ0n) is 16.5. The average molecular weight is 546 g/mol. The topological polar surface area (TPSA) is 17.2 Å². The number of aryl methyl sites for hydroxylation is 1. The molecule has 8 heteroatoms. The Kier molecular flexibility index (Phi) is 5.02. The fourth-order valence-electron chi connectivity index (χ4n) is 4.16. The van der Waals surface area contributed by atoms with Gasteiger partial charge in [-0.15, -0.1) is 0 Å². The highest BCUT2D eigenvalue weighted by molar-refractivity contribution is 9.18. The highest BCUT2D eigenvalue weighted by Crippen LogP contribution is 2.43. The van der Waals surface area contributed by atoms with Gasteiger partial charge in [0, 0.05) is 33.8 Å². The van der Waals surface area contributed by atoms with E-state index in [2.05, 4.69) is 31.9 Å². The largest absolute Gasteiger partial charge is 0.738 e. The second-order valence-corrected chi connectivity index (χ2v) is 9.16. The van der Waals surface area contributed by atoms with Crippen molar-refractivity contribution in [2.24, 2.45) is 0 Å². The van der Waals surface area contributed by atoms with Gasteiger partial charge in [0.25, 0.3) is 0 Å². The number of benzene rings is 2. The van der Waals surface area contributed by atoms with Crippen LogP contribution in [0.25, 0.3) is 5.57 Å². The molecule has 2 aliphatic heterocycles. The van der Waals surface area contributed by atoms with Gasteiger partial charge in [0.15, 0.2) is 5.70 Å². The molecule has 3 aromatic rings. The second-order valence-electron chi connectivity index (χ2n) is 7.54. The van der Waals surface area contributed by atoms with Crippen LogP contribution in [0.5, 0.6) is 5.75 Å². The van der Waals surface area contributed by atoms with E-state index in [1.54, 1.807) is 24.3 Å². The molecular formula is C23H17BBr2F2N2O. The first-order chi connectivity index (χ1) is 14.9. The van der Waals surface area contributed by atoms with Crippen molar-refractivity contribution in [2.45, 2.75) is 13.5 Å². The molecule has 0 spiro atoms. The first kappa shape index (κ1) is 20.5. The Bertz CT molecular complexity index is 1300. The summed E-state index contributed by atoms with van der Waals surface area (Å²) in [5.41, 5.74) is 4.65. The minimum atomic E-state index is -4.02. The van der Waals surface area contributed by atoms with Gasteiger partial charge in [-0.2, -0.15) is 0 Å². The van der Waals surface area contributed by atoms with E-state index >= 15 is 8.63 Å². The van der Waals surface area contributed by atoms with Crippen LogP contribution in [0.2, 0.25) is 0 Å². The van der Waals surface area contributed by atoms with Crippen molar-refractivity contribution in [1.82, 2.24) is 4.48 Å². The molecule has 3 heterocycles. The van der Waals surface area contributed by atoms with Crippen molar-refractivity contribution in [3.63, 3.8) is 0 Å². The van der Waals surface area contributed by atoms with Crippen LogP contribution in [0.3, 0.4) is 0 Å². The Morgan fingerprint density at radius 1 is 1.00 bits per heavy atom.